The van der Waals surface area contributed by atoms with Crippen molar-refractivity contribution in [3.05, 3.63) is 46.2 Å². The zero-order valence-electron chi connectivity index (χ0n) is 14.9. The predicted octanol–water partition coefficient (Wildman–Crippen LogP) is 3.26. The first-order chi connectivity index (χ1) is 13.1. The van der Waals surface area contributed by atoms with Gasteiger partial charge in [0.25, 0.3) is 5.91 Å². The average molecular weight is 416 g/mol. The van der Waals surface area contributed by atoms with E-state index in [1.807, 2.05) is 0 Å². The number of alkyl halides is 3. The van der Waals surface area contributed by atoms with Gasteiger partial charge < -0.3 is 16.0 Å². The number of carbonyl (C=O) groups excluding carboxylic acids is 2. The van der Waals surface area contributed by atoms with Crippen LogP contribution in [0.3, 0.4) is 0 Å². The number of aryl methyl sites for hydroxylation is 1. The van der Waals surface area contributed by atoms with Crippen molar-refractivity contribution < 1.29 is 22.8 Å². The summed E-state index contributed by atoms with van der Waals surface area (Å²) in [5, 5.41) is 7.72. The molecule has 28 heavy (non-hydrogen) atoms. The van der Waals surface area contributed by atoms with Crippen LogP contribution in [0.4, 0.5) is 24.8 Å². The van der Waals surface area contributed by atoms with Crippen LogP contribution in [0.15, 0.2) is 24.4 Å². The maximum atomic E-state index is 12.6. The molecule has 2 rings (SSSR count). The van der Waals surface area contributed by atoms with E-state index >= 15 is 0 Å². The van der Waals surface area contributed by atoms with E-state index in [-0.39, 0.29) is 35.7 Å². The van der Waals surface area contributed by atoms with Gasteiger partial charge in [0, 0.05) is 37.5 Å². The van der Waals surface area contributed by atoms with Crippen molar-refractivity contribution in [2.75, 3.05) is 23.7 Å². The fourth-order valence-electron chi connectivity index (χ4n) is 2.23. The molecule has 2 heterocycles. The van der Waals surface area contributed by atoms with Crippen LogP contribution in [-0.2, 0) is 11.0 Å². The van der Waals surface area contributed by atoms with E-state index in [0.29, 0.717) is 17.5 Å². The number of rotatable bonds is 6. The number of pyridine rings is 2. The Labute approximate surface area is 163 Å². The summed E-state index contributed by atoms with van der Waals surface area (Å²) in [6.07, 6.45) is -3.85. The number of anilines is 2. The summed E-state index contributed by atoms with van der Waals surface area (Å²) in [6, 6.07) is 3.77. The van der Waals surface area contributed by atoms with Crippen LogP contribution in [0.1, 0.15) is 28.5 Å². The first kappa shape index (κ1) is 21.4. The van der Waals surface area contributed by atoms with Gasteiger partial charge in [-0.2, -0.15) is 13.2 Å². The zero-order chi connectivity index (χ0) is 20.9. The smallest absolute Gasteiger partial charge is 0.367 e. The van der Waals surface area contributed by atoms with Gasteiger partial charge in [0.2, 0.25) is 5.91 Å². The van der Waals surface area contributed by atoms with Crippen LogP contribution >= 0.6 is 11.6 Å². The molecule has 2 amide bonds. The molecule has 0 aromatic carbocycles. The molecule has 0 aliphatic rings. The van der Waals surface area contributed by atoms with Crippen LogP contribution in [0.2, 0.25) is 5.02 Å². The van der Waals surface area contributed by atoms with E-state index in [9.17, 15) is 22.8 Å². The molecule has 11 heteroatoms. The minimum atomic E-state index is -4.53. The number of carbonyl (C=O) groups is 2. The molecule has 0 aliphatic carbocycles. The van der Waals surface area contributed by atoms with Crippen molar-refractivity contribution in [3.8, 4) is 0 Å². The summed E-state index contributed by atoms with van der Waals surface area (Å²) < 4.78 is 37.8. The summed E-state index contributed by atoms with van der Waals surface area (Å²) >= 11 is 5.80. The van der Waals surface area contributed by atoms with Crippen molar-refractivity contribution >= 4 is 35.1 Å². The van der Waals surface area contributed by atoms with Crippen molar-refractivity contribution in [1.82, 2.24) is 15.3 Å². The first-order valence-corrected chi connectivity index (χ1v) is 8.45. The molecule has 0 saturated heterocycles. The molecular formula is C17H17ClF3N5O2. The summed E-state index contributed by atoms with van der Waals surface area (Å²) in [5.41, 5.74) is -0.0865. The predicted molar refractivity (Wildman–Crippen MR) is 98.3 cm³/mol. The van der Waals surface area contributed by atoms with Crippen LogP contribution < -0.4 is 16.0 Å². The highest BCUT2D eigenvalue weighted by atomic mass is 35.5. The Morgan fingerprint density at radius 2 is 1.89 bits per heavy atom. The van der Waals surface area contributed by atoms with Crippen molar-refractivity contribution in [3.63, 3.8) is 0 Å². The Bertz CT molecular complexity index is 890. The third-order valence-electron chi connectivity index (χ3n) is 3.39. The van der Waals surface area contributed by atoms with Crippen LogP contribution in [0.5, 0.6) is 0 Å². The molecule has 0 unspecified atom stereocenters. The average Bonchev–Trinajstić information content (AvgIpc) is 2.57. The summed E-state index contributed by atoms with van der Waals surface area (Å²) in [4.78, 5) is 31.1. The molecule has 0 radical (unpaired) electrons. The quantitative estimate of drug-likeness (QED) is 0.629. The molecule has 0 fully saturated rings. The highest BCUT2D eigenvalue weighted by Crippen LogP contribution is 2.32. The van der Waals surface area contributed by atoms with Crippen LogP contribution in [0, 0.1) is 6.92 Å². The molecule has 7 nitrogen and oxygen atoms in total. The third-order valence-corrected chi connectivity index (χ3v) is 3.68. The van der Waals surface area contributed by atoms with E-state index in [1.165, 1.54) is 13.0 Å². The van der Waals surface area contributed by atoms with Gasteiger partial charge in [-0.1, -0.05) is 11.6 Å². The number of hydrogen-bond acceptors (Lipinski definition) is 5. The standard InChI is InChI=1S/C17H17ClF3N5O2/c1-9-5-11(6-14(25-9)26-10(2)27)16(28)23-4-3-22-15-13(18)7-12(8-24-15)17(19,20)21/h5-8H,3-4H2,1-2H3,(H,22,24)(H,23,28)(H,25,26,27). The van der Waals surface area contributed by atoms with Gasteiger partial charge in [-0.25, -0.2) is 9.97 Å². The van der Waals surface area contributed by atoms with E-state index in [2.05, 4.69) is 25.9 Å². The van der Waals surface area contributed by atoms with Gasteiger partial charge in [-0.15, -0.1) is 0 Å². The SMILES string of the molecule is CC(=O)Nc1cc(C(=O)NCCNc2ncc(C(F)(F)F)cc2Cl)cc(C)n1. The molecule has 0 spiro atoms. The van der Waals surface area contributed by atoms with Gasteiger partial charge in [0.15, 0.2) is 0 Å². The van der Waals surface area contributed by atoms with E-state index < -0.39 is 17.6 Å². The fourth-order valence-corrected chi connectivity index (χ4v) is 2.46. The molecule has 0 atom stereocenters. The molecule has 2 aromatic rings. The molecule has 3 N–H and O–H groups in total. The Morgan fingerprint density at radius 3 is 2.50 bits per heavy atom. The number of aromatic nitrogens is 2. The number of nitrogens with zero attached hydrogens (tertiary/aromatic N) is 2. The highest BCUT2D eigenvalue weighted by molar-refractivity contribution is 6.32. The fraction of sp³-hybridized carbons (Fsp3) is 0.294. The van der Waals surface area contributed by atoms with Gasteiger partial charge in [-0.05, 0) is 25.1 Å². The van der Waals surface area contributed by atoms with Gasteiger partial charge >= 0.3 is 6.18 Å². The third kappa shape index (κ3) is 6.08. The van der Waals surface area contributed by atoms with Gasteiger partial charge in [0.1, 0.15) is 11.6 Å². The Kier molecular flexibility index (Phi) is 6.79. The molecule has 0 aliphatic heterocycles. The Hall–Kier alpha value is -2.88. The summed E-state index contributed by atoms with van der Waals surface area (Å²) in [7, 11) is 0. The number of amides is 2. The van der Waals surface area contributed by atoms with Crippen molar-refractivity contribution in [1.29, 1.82) is 0 Å². The second-order valence-electron chi connectivity index (χ2n) is 5.80. The van der Waals surface area contributed by atoms with Crippen molar-refractivity contribution in [2.24, 2.45) is 0 Å². The second-order valence-corrected chi connectivity index (χ2v) is 6.21. The minimum absolute atomic E-state index is 0.0802. The number of hydrogen-bond donors (Lipinski definition) is 3. The van der Waals surface area contributed by atoms with E-state index in [0.717, 1.165) is 6.07 Å². The summed E-state index contributed by atoms with van der Waals surface area (Å²) in [6.45, 7) is 3.36. The molecule has 2 aromatic heterocycles. The zero-order valence-corrected chi connectivity index (χ0v) is 15.7. The Morgan fingerprint density at radius 1 is 1.18 bits per heavy atom. The van der Waals surface area contributed by atoms with Crippen LogP contribution in [0.25, 0.3) is 0 Å². The monoisotopic (exact) mass is 415 g/mol. The lowest BCUT2D eigenvalue weighted by Crippen LogP contribution is -2.29. The van der Waals surface area contributed by atoms with Gasteiger partial charge in [0.05, 0.1) is 10.6 Å². The largest absolute Gasteiger partial charge is 0.417 e. The van der Waals surface area contributed by atoms with Gasteiger partial charge in [-0.3, -0.25) is 9.59 Å². The number of nitrogens with one attached hydrogen (secondary N) is 3. The molecule has 150 valence electrons. The molecule has 0 saturated carbocycles. The van der Waals surface area contributed by atoms with Crippen LogP contribution in [-0.4, -0.2) is 34.9 Å². The Balaban J connectivity index is 1.91. The second kappa shape index (κ2) is 8.87. The maximum Gasteiger partial charge on any atom is 0.417 e. The first-order valence-electron chi connectivity index (χ1n) is 8.07. The highest BCUT2D eigenvalue weighted by Gasteiger charge is 2.31. The lowest BCUT2D eigenvalue weighted by atomic mass is 10.2. The normalized spacial score (nSPS) is 11.1. The van der Waals surface area contributed by atoms with Crippen molar-refractivity contribution in [2.45, 2.75) is 20.0 Å². The van der Waals surface area contributed by atoms with E-state index in [1.54, 1.807) is 13.0 Å². The lowest BCUT2D eigenvalue weighted by molar-refractivity contribution is -0.137. The minimum Gasteiger partial charge on any atom is -0.367 e. The summed E-state index contributed by atoms with van der Waals surface area (Å²) in [5.74, 6) is -0.368. The lowest BCUT2D eigenvalue weighted by Gasteiger charge is -2.11. The topological polar surface area (TPSA) is 96.0 Å². The van der Waals surface area contributed by atoms with E-state index in [4.69, 9.17) is 11.6 Å². The number of halogens is 4. The molecule has 0 bridgehead atoms. The maximum absolute atomic E-state index is 12.6. The molecular weight excluding hydrogens is 399 g/mol.